The minimum Gasteiger partial charge on any atom is -0.306 e. The summed E-state index contributed by atoms with van der Waals surface area (Å²) in [5.74, 6) is 0.621. The summed E-state index contributed by atoms with van der Waals surface area (Å²) in [4.78, 5) is 20.0. The largest absolute Gasteiger partial charge is 0.331 e. The molecule has 4 nitrogen and oxygen atoms in total. The van der Waals surface area contributed by atoms with E-state index >= 15 is 0 Å². The van der Waals surface area contributed by atoms with Crippen LogP contribution < -0.4 is 10.2 Å². The lowest BCUT2D eigenvalue weighted by atomic mass is 9.84. The van der Waals surface area contributed by atoms with Crippen LogP contribution in [0.4, 0.5) is 21.9 Å². The van der Waals surface area contributed by atoms with Gasteiger partial charge >= 0.3 is 6.03 Å². The van der Waals surface area contributed by atoms with Crippen LogP contribution in [0.3, 0.4) is 0 Å². The molecule has 126 valence electrons. The quantitative estimate of drug-likeness (QED) is 0.614. The van der Waals surface area contributed by atoms with E-state index in [2.05, 4.69) is 28.5 Å². The highest BCUT2D eigenvalue weighted by atomic mass is 32.1. The number of benzene rings is 1. The second-order valence-corrected chi connectivity index (χ2v) is 7.71. The van der Waals surface area contributed by atoms with Gasteiger partial charge in [-0.25, -0.2) is 9.78 Å². The van der Waals surface area contributed by atoms with Gasteiger partial charge < -0.3 is 5.32 Å². The van der Waals surface area contributed by atoms with Crippen molar-refractivity contribution in [2.45, 2.75) is 38.0 Å². The lowest BCUT2D eigenvalue weighted by Crippen LogP contribution is -2.33. The van der Waals surface area contributed by atoms with Crippen molar-refractivity contribution in [1.29, 1.82) is 0 Å². The molecule has 0 spiro atoms. The highest BCUT2D eigenvalue weighted by Crippen LogP contribution is 2.43. The van der Waals surface area contributed by atoms with E-state index in [-0.39, 0.29) is 6.03 Å². The molecule has 5 heteroatoms. The number of nitrogens with zero attached hydrogens (tertiary/aromatic N) is 2. The van der Waals surface area contributed by atoms with Gasteiger partial charge in [0.2, 0.25) is 0 Å². The number of aromatic nitrogens is 1. The summed E-state index contributed by atoms with van der Waals surface area (Å²) < 4.78 is 0. The fourth-order valence-electron chi connectivity index (χ4n) is 4.12. The third kappa shape index (κ3) is 2.42. The highest BCUT2D eigenvalue weighted by Gasteiger charge is 2.28. The number of anilines is 3. The van der Waals surface area contributed by atoms with Crippen LogP contribution >= 0.6 is 11.3 Å². The van der Waals surface area contributed by atoms with E-state index in [0.29, 0.717) is 5.92 Å². The van der Waals surface area contributed by atoms with Crippen LogP contribution in [0.1, 0.15) is 43.6 Å². The van der Waals surface area contributed by atoms with Gasteiger partial charge in [-0.1, -0.05) is 31.4 Å². The van der Waals surface area contributed by atoms with Crippen LogP contribution in [0, 0.1) is 0 Å². The predicted octanol–water partition coefficient (Wildman–Crippen LogP) is 6.03. The number of carbonyl (C=O) groups is 1. The van der Waals surface area contributed by atoms with Crippen LogP contribution in [0.2, 0.25) is 0 Å². The van der Waals surface area contributed by atoms with E-state index in [9.17, 15) is 4.79 Å². The molecule has 2 amide bonds. The molecule has 0 radical (unpaired) electrons. The Morgan fingerprint density at radius 2 is 2.04 bits per heavy atom. The van der Waals surface area contributed by atoms with Gasteiger partial charge in [-0.05, 0) is 42.5 Å². The van der Waals surface area contributed by atoms with Crippen LogP contribution in [-0.4, -0.2) is 11.0 Å². The van der Waals surface area contributed by atoms with E-state index in [1.807, 2.05) is 17.5 Å². The molecule has 0 unspecified atom stereocenters. The Morgan fingerprint density at radius 1 is 1.16 bits per heavy atom. The number of amides is 2. The minimum absolute atomic E-state index is 0.0980. The maximum atomic E-state index is 12.8. The van der Waals surface area contributed by atoms with E-state index in [0.717, 1.165) is 27.3 Å². The summed E-state index contributed by atoms with van der Waals surface area (Å²) in [6, 6.07) is 10.3. The van der Waals surface area contributed by atoms with E-state index in [1.54, 1.807) is 22.4 Å². The molecule has 3 aromatic rings. The van der Waals surface area contributed by atoms with Gasteiger partial charge in [0.25, 0.3) is 0 Å². The molecule has 1 saturated carbocycles. The molecule has 0 saturated heterocycles. The Bertz CT molecular complexity index is 958. The van der Waals surface area contributed by atoms with Crippen molar-refractivity contribution < 1.29 is 4.79 Å². The molecule has 1 aliphatic heterocycles. The third-order valence-electron chi connectivity index (χ3n) is 5.34. The van der Waals surface area contributed by atoms with E-state index < -0.39 is 0 Å². The fraction of sp³-hybridized carbons (Fsp3) is 0.300. The van der Waals surface area contributed by atoms with Gasteiger partial charge in [0.15, 0.2) is 0 Å². The van der Waals surface area contributed by atoms with Crippen LogP contribution in [-0.2, 0) is 0 Å². The average Bonchev–Trinajstić information content (AvgIpc) is 3.07. The van der Waals surface area contributed by atoms with Crippen molar-refractivity contribution >= 4 is 44.6 Å². The third-order valence-corrected chi connectivity index (χ3v) is 6.23. The van der Waals surface area contributed by atoms with Gasteiger partial charge in [-0.15, -0.1) is 11.3 Å². The minimum atomic E-state index is -0.0980. The molecule has 1 aromatic carbocycles. The molecule has 5 rings (SSSR count). The first-order chi connectivity index (χ1) is 12.3. The van der Waals surface area contributed by atoms with Crippen molar-refractivity contribution in [2.24, 2.45) is 0 Å². The summed E-state index contributed by atoms with van der Waals surface area (Å²) in [7, 11) is 0. The fourth-order valence-corrected chi connectivity index (χ4v) is 4.98. The number of urea groups is 1. The zero-order valence-corrected chi connectivity index (χ0v) is 14.7. The van der Waals surface area contributed by atoms with E-state index in [1.165, 1.54) is 37.7 Å². The van der Waals surface area contributed by atoms with Crippen molar-refractivity contribution in [3.63, 3.8) is 0 Å². The molecular weight excluding hydrogens is 330 g/mol. The highest BCUT2D eigenvalue weighted by molar-refractivity contribution is 7.17. The molecular formula is C20H19N3OS. The number of rotatable bonds is 2. The normalized spacial score (nSPS) is 17.8. The molecule has 1 fully saturated rings. The molecule has 0 bridgehead atoms. The molecule has 25 heavy (non-hydrogen) atoms. The summed E-state index contributed by atoms with van der Waals surface area (Å²) in [5, 5.41) is 6.01. The topological polar surface area (TPSA) is 45.2 Å². The second-order valence-electron chi connectivity index (χ2n) is 6.86. The number of thiophene rings is 1. The first-order valence-corrected chi connectivity index (χ1v) is 9.76. The lowest BCUT2D eigenvalue weighted by Gasteiger charge is -2.29. The SMILES string of the molecule is O=C1Nc2csc3nccc(c23)N1c1cccc(C2CCCCC2)c1. The zero-order chi connectivity index (χ0) is 16.8. The number of hydrogen-bond donors (Lipinski definition) is 1. The van der Waals surface area contributed by atoms with Crippen LogP contribution in [0.5, 0.6) is 0 Å². The first kappa shape index (κ1) is 14.9. The maximum Gasteiger partial charge on any atom is 0.331 e. The summed E-state index contributed by atoms with van der Waals surface area (Å²) in [5.41, 5.74) is 4.08. The molecule has 3 heterocycles. The van der Waals surface area contributed by atoms with Gasteiger partial charge in [-0.3, -0.25) is 4.90 Å². The van der Waals surface area contributed by atoms with Crippen molar-refractivity contribution in [3.05, 3.63) is 47.5 Å². The smallest absolute Gasteiger partial charge is 0.306 e. The number of nitrogens with one attached hydrogen (secondary N) is 1. The van der Waals surface area contributed by atoms with Gasteiger partial charge in [0.1, 0.15) is 4.83 Å². The maximum absolute atomic E-state index is 12.8. The molecule has 1 aliphatic carbocycles. The number of carbonyl (C=O) groups excluding carboxylic acids is 1. The van der Waals surface area contributed by atoms with Crippen molar-refractivity contribution in [2.75, 3.05) is 10.2 Å². The standard InChI is InChI=1S/C20H19N3OS/c24-20-22-16-12-25-19-18(16)17(9-10-21-19)23(20)15-8-4-7-14(11-15)13-5-2-1-3-6-13/h4,7-13H,1-3,5-6H2,(H,22,24). The summed E-state index contributed by atoms with van der Waals surface area (Å²) in [6.07, 6.45) is 8.26. The Kier molecular flexibility index (Phi) is 3.48. The van der Waals surface area contributed by atoms with E-state index in [4.69, 9.17) is 0 Å². The summed E-state index contributed by atoms with van der Waals surface area (Å²) in [6.45, 7) is 0. The van der Waals surface area contributed by atoms with Crippen LogP contribution in [0.25, 0.3) is 10.2 Å². The molecule has 0 atom stereocenters. The molecule has 2 aliphatic rings. The summed E-state index contributed by atoms with van der Waals surface area (Å²) >= 11 is 1.57. The van der Waals surface area contributed by atoms with Gasteiger partial charge in [0, 0.05) is 11.6 Å². The zero-order valence-electron chi connectivity index (χ0n) is 13.9. The molecule has 2 aromatic heterocycles. The average molecular weight is 349 g/mol. The molecule has 1 N–H and O–H groups in total. The Balaban J connectivity index is 1.60. The first-order valence-electron chi connectivity index (χ1n) is 8.88. The van der Waals surface area contributed by atoms with Crippen LogP contribution in [0.15, 0.2) is 41.9 Å². The second kappa shape index (κ2) is 5.85. The predicted molar refractivity (Wildman–Crippen MR) is 103 cm³/mol. The Hall–Kier alpha value is -2.40. The monoisotopic (exact) mass is 349 g/mol. The van der Waals surface area contributed by atoms with Crippen molar-refractivity contribution in [1.82, 2.24) is 4.98 Å². The van der Waals surface area contributed by atoms with Gasteiger partial charge in [-0.2, -0.15) is 0 Å². The van der Waals surface area contributed by atoms with Gasteiger partial charge in [0.05, 0.1) is 22.4 Å². The lowest BCUT2D eigenvalue weighted by molar-refractivity contribution is 0.259. The van der Waals surface area contributed by atoms with Crippen molar-refractivity contribution in [3.8, 4) is 0 Å². The Labute approximate surface area is 150 Å². The Morgan fingerprint density at radius 3 is 2.92 bits per heavy atom. The number of hydrogen-bond acceptors (Lipinski definition) is 3. The number of pyridine rings is 1.